The van der Waals surface area contributed by atoms with Gasteiger partial charge >= 0.3 is 0 Å². The van der Waals surface area contributed by atoms with Crippen molar-refractivity contribution in [2.45, 2.75) is 6.92 Å². The average Bonchev–Trinajstić information content (AvgIpc) is 3.00. The zero-order chi connectivity index (χ0) is 17.8. The molecular weight excluding hydrogens is 386 g/mol. The molecule has 0 saturated carbocycles. The topological polar surface area (TPSA) is 92.4 Å². The molecule has 2 N–H and O–H groups in total. The van der Waals surface area contributed by atoms with Gasteiger partial charge in [0.15, 0.2) is 11.5 Å². The molecule has 1 amide bonds. The summed E-state index contributed by atoms with van der Waals surface area (Å²) in [6.07, 6.45) is 3.02. The van der Waals surface area contributed by atoms with Crippen LogP contribution in [0.1, 0.15) is 21.7 Å². The molecule has 0 fully saturated rings. The number of benzene rings is 1. The molecule has 0 aliphatic heterocycles. The highest BCUT2D eigenvalue weighted by atomic mass is 79.9. The minimum absolute atomic E-state index is 0.0662. The predicted molar refractivity (Wildman–Crippen MR) is 97.0 cm³/mol. The maximum absolute atomic E-state index is 12.2. The molecule has 0 radical (unpaired) electrons. The molecule has 0 bridgehead atoms. The molecular formula is C17H14BrN5O2. The summed E-state index contributed by atoms with van der Waals surface area (Å²) in [5.41, 5.74) is 3.87. The molecule has 0 aliphatic rings. The summed E-state index contributed by atoms with van der Waals surface area (Å²) in [5.74, 6) is 0.238. The molecule has 3 aromatic rings. The number of hydrazone groups is 1. The fraction of sp³-hybridized carbons (Fsp3) is 0.0588. The Balaban J connectivity index is 1.74. The number of phenolic OH excluding ortho intramolecular Hbond substituents is 1. The van der Waals surface area contributed by atoms with E-state index in [1.54, 1.807) is 35.1 Å². The number of carbonyl (C=O) groups excluding carboxylic acids is 1. The van der Waals surface area contributed by atoms with E-state index in [1.165, 1.54) is 12.3 Å². The molecule has 0 atom stereocenters. The van der Waals surface area contributed by atoms with E-state index >= 15 is 0 Å². The highest BCUT2D eigenvalue weighted by Gasteiger charge is 2.13. The number of aryl methyl sites for hydroxylation is 1. The first-order valence-electron chi connectivity index (χ1n) is 7.34. The number of aromatic nitrogens is 3. The van der Waals surface area contributed by atoms with Gasteiger partial charge in [-0.05, 0) is 43.3 Å². The Morgan fingerprint density at radius 3 is 2.92 bits per heavy atom. The second-order valence-electron chi connectivity index (χ2n) is 5.17. The van der Waals surface area contributed by atoms with Crippen LogP contribution in [0.3, 0.4) is 0 Å². The van der Waals surface area contributed by atoms with Crippen molar-refractivity contribution in [3.8, 4) is 11.6 Å². The number of nitrogens with one attached hydrogen (secondary N) is 1. The monoisotopic (exact) mass is 399 g/mol. The van der Waals surface area contributed by atoms with Gasteiger partial charge in [0, 0.05) is 21.9 Å². The molecule has 25 heavy (non-hydrogen) atoms. The number of aromatic hydroxyl groups is 1. The number of rotatable bonds is 4. The van der Waals surface area contributed by atoms with Crippen molar-refractivity contribution in [3.63, 3.8) is 0 Å². The lowest BCUT2D eigenvalue weighted by atomic mass is 10.2. The lowest BCUT2D eigenvalue weighted by Gasteiger charge is -2.01. The molecule has 126 valence electrons. The average molecular weight is 400 g/mol. The third-order valence-electron chi connectivity index (χ3n) is 3.35. The van der Waals surface area contributed by atoms with Crippen molar-refractivity contribution in [2.75, 3.05) is 0 Å². The number of halogens is 1. The summed E-state index contributed by atoms with van der Waals surface area (Å²) < 4.78 is 2.38. The zero-order valence-electron chi connectivity index (χ0n) is 13.2. The second kappa shape index (κ2) is 7.27. The Morgan fingerprint density at radius 1 is 1.32 bits per heavy atom. The lowest BCUT2D eigenvalue weighted by Crippen LogP contribution is -2.18. The van der Waals surface area contributed by atoms with Gasteiger partial charge in [0.2, 0.25) is 0 Å². The van der Waals surface area contributed by atoms with Crippen molar-refractivity contribution in [3.05, 3.63) is 70.1 Å². The van der Waals surface area contributed by atoms with Crippen LogP contribution in [0.5, 0.6) is 5.75 Å². The van der Waals surface area contributed by atoms with Crippen LogP contribution in [0, 0.1) is 6.92 Å². The lowest BCUT2D eigenvalue weighted by molar-refractivity contribution is 0.0949. The standard InChI is InChI=1S/C17H14BrN5O2/c1-11-8-14(22-23(11)16-4-2-3-7-19-16)17(25)21-20-10-12-9-13(18)5-6-15(12)24/h2-10,24H,1H3,(H,21,25)/b20-10+. The Bertz CT molecular complexity index is 937. The van der Waals surface area contributed by atoms with Crippen LogP contribution < -0.4 is 5.43 Å². The number of amides is 1. The van der Waals surface area contributed by atoms with Crippen molar-refractivity contribution in [1.29, 1.82) is 0 Å². The molecule has 0 aliphatic carbocycles. The SMILES string of the molecule is Cc1cc(C(=O)N/N=C/c2cc(Br)ccc2O)nn1-c1ccccn1. The van der Waals surface area contributed by atoms with Gasteiger partial charge in [-0.3, -0.25) is 4.79 Å². The van der Waals surface area contributed by atoms with Crippen LogP contribution in [0.2, 0.25) is 0 Å². The summed E-state index contributed by atoms with van der Waals surface area (Å²) in [5, 5.41) is 17.8. The van der Waals surface area contributed by atoms with Gasteiger partial charge < -0.3 is 5.11 Å². The van der Waals surface area contributed by atoms with Crippen LogP contribution in [0.15, 0.2) is 58.2 Å². The van der Waals surface area contributed by atoms with Crippen molar-refractivity contribution >= 4 is 28.1 Å². The van der Waals surface area contributed by atoms with E-state index in [0.29, 0.717) is 11.4 Å². The normalized spacial score (nSPS) is 11.0. The molecule has 1 aromatic carbocycles. The summed E-state index contributed by atoms with van der Waals surface area (Å²) in [7, 11) is 0. The summed E-state index contributed by atoms with van der Waals surface area (Å²) >= 11 is 3.31. The van der Waals surface area contributed by atoms with Crippen molar-refractivity contribution < 1.29 is 9.90 Å². The number of hydrogen-bond acceptors (Lipinski definition) is 5. The number of nitrogens with zero attached hydrogens (tertiary/aromatic N) is 4. The fourth-order valence-electron chi connectivity index (χ4n) is 2.14. The highest BCUT2D eigenvalue weighted by Crippen LogP contribution is 2.19. The fourth-order valence-corrected chi connectivity index (χ4v) is 2.52. The Labute approximate surface area is 152 Å². The largest absolute Gasteiger partial charge is 0.507 e. The Hall–Kier alpha value is -3.00. The number of pyridine rings is 1. The molecule has 7 nitrogen and oxygen atoms in total. The van der Waals surface area contributed by atoms with Gasteiger partial charge in [-0.25, -0.2) is 15.1 Å². The second-order valence-corrected chi connectivity index (χ2v) is 6.09. The van der Waals surface area contributed by atoms with Crippen molar-refractivity contribution in [1.82, 2.24) is 20.2 Å². The molecule has 8 heteroatoms. The molecule has 0 saturated heterocycles. The summed E-state index contributed by atoms with van der Waals surface area (Å²) in [6.45, 7) is 1.83. The number of carbonyl (C=O) groups is 1. The van der Waals surface area contributed by atoms with E-state index < -0.39 is 5.91 Å². The van der Waals surface area contributed by atoms with E-state index in [2.05, 4.69) is 36.5 Å². The quantitative estimate of drug-likeness (QED) is 0.521. The van der Waals surface area contributed by atoms with E-state index in [0.717, 1.165) is 10.2 Å². The van der Waals surface area contributed by atoms with E-state index in [4.69, 9.17) is 0 Å². The maximum atomic E-state index is 12.2. The Morgan fingerprint density at radius 2 is 2.16 bits per heavy atom. The van der Waals surface area contributed by atoms with Gasteiger partial charge in [0.05, 0.1) is 6.21 Å². The van der Waals surface area contributed by atoms with Gasteiger partial charge in [-0.1, -0.05) is 22.0 Å². The van der Waals surface area contributed by atoms with Crippen LogP contribution in [-0.2, 0) is 0 Å². The first-order valence-corrected chi connectivity index (χ1v) is 8.14. The third-order valence-corrected chi connectivity index (χ3v) is 3.84. The Kier molecular flexibility index (Phi) is 4.90. The van der Waals surface area contributed by atoms with Crippen LogP contribution in [0.4, 0.5) is 0 Å². The molecule has 0 spiro atoms. The third kappa shape index (κ3) is 3.92. The summed E-state index contributed by atoms with van der Waals surface area (Å²) in [6, 6.07) is 12.0. The van der Waals surface area contributed by atoms with E-state index in [-0.39, 0.29) is 11.4 Å². The number of phenols is 1. The summed E-state index contributed by atoms with van der Waals surface area (Å²) in [4.78, 5) is 16.4. The van der Waals surface area contributed by atoms with Crippen LogP contribution >= 0.6 is 15.9 Å². The highest BCUT2D eigenvalue weighted by molar-refractivity contribution is 9.10. The first-order chi connectivity index (χ1) is 12.0. The van der Waals surface area contributed by atoms with Gasteiger partial charge in [-0.15, -0.1) is 0 Å². The van der Waals surface area contributed by atoms with Gasteiger partial charge in [0.25, 0.3) is 5.91 Å². The number of hydrogen-bond donors (Lipinski definition) is 2. The predicted octanol–water partition coefficient (Wildman–Crippen LogP) is 2.81. The van der Waals surface area contributed by atoms with Crippen LogP contribution in [0.25, 0.3) is 5.82 Å². The van der Waals surface area contributed by atoms with Gasteiger partial charge in [-0.2, -0.15) is 10.2 Å². The van der Waals surface area contributed by atoms with Crippen molar-refractivity contribution in [2.24, 2.45) is 5.10 Å². The molecule has 2 heterocycles. The minimum atomic E-state index is -0.455. The minimum Gasteiger partial charge on any atom is -0.507 e. The molecule has 3 rings (SSSR count). The van der Waals surface area contributed by atoms with E-state index in [9.17, 15) is 9.90 Å². The van der Waals surface area contributed by atoms with Gasteiger partial charge in [0.1, 0.15) is 5.75 Å². The molecule has 0 unspecified atom stereocenters. The first kappa shape index (κ1) is 16.8. The smallest absolute Gasteiger partial charge is 0.291 e. The zero-order valence-corrected chi connectivity index (χ0v) is 14.8. The van der Waals surface area contributed by atoms with E-state index in [1.807, 2.05) is 19.1 Å². The molecule has 2 aromatic heterocycles. The van der Waals surface area contributed by atoms with Crippen LogP contribution in [-0.4, -0.2) is 32.0 Å². The maximum Gasteiger partial charge on any atom is 0.291 e.